The molecule has 0 radical (unpaired) electrons. The van der Waals surface area contributed by atoms with Crippen LogP contribution in [-0.4, -0.2) is 22.5 Å². The van der Waals surface area contributed by atoms with Crippen molar-refractivity contribution in [3.05, 3.63) is 72.7 Å². The number of thiazole rings is 1. The van der Waals surface area contributed by atoms with Crippen molar-refractivity contribution in [2.24, 2.45) is 0 Å². The highest BCUT2D eigenvalue weighted by Crippen LogP contribution is 2.29. The van der Waals surface area contributed by atoms with E-state index < -0.39 is 0 Å². The summed E-state index contributed by atoms with van der Waals surface area (Å²) in [6.07, 6.45) is 1.67. The number of benzene rings is 2. The van der Waals surface area contributed by atoms with Gasteiger partial charge in [-0.3, -0.25) is 4.79 Å². The molecule has 2 aromatic heterocycles. The summed E-state index contributed by atoms with van der Waals surface area (Å²) < 4.78 is 19.3. The van der Waals surface area contributed by atoms with Gasteiger partial charge in [0.2, 0.25) is 0 Å². The molecule has 4 rings (SSSR count). The first-order valence-corrected chi connectivity index (χ1v) is 8.99. The number of hydrogen-bond donors (Lipinski definition) is 1. The van der Waals surface area contributed by atoms with Crippen molar-refractivity contribution in [2.45, 2.75) is 0 Å². The number of carbonyl (C=O) groups is 1. The van der Waals surface area contributed by atoms with Gasteiger partial charge >= 0.3 is 0 Å². The maximum absolute atomic E-state index is 12.8. The number of nitrogens with zero attached hydrogens (tertiary/aromatic N) is 2. The predicted molar refractivity (Wildman–Crippen MR) is 103 cm³/mol. The number of hydrogen-bond acceptors (Lipinski definition) is 5. The van der Waals surface area contributed by atoms with E-state index in [0.717, 1.165) is 20.8 Å². The lowest BCUT2D eigenvalue weighted by atomic mass is 10.3. The van der Waals surface area contributed by atoms with Gasteiger partial charge in [0.05, 0.1) is 10.2 Å². The van der Waals surface area contributed by atoms with E-state index in [1.807, 2.05) is 30.3 Å². The number of rotatable bonds is 5. The quantitative estimate of drug-likeness (QED) is 0.554. The highest BCUT2D eigenvalue weighted by Gasteiger charge is 2.08. The first kappa shape index (κ1) is 17.1. The van der Waals surface area contributed by atoms with Crippen molar-refractivity contribution in [1.29, 1.82) is 0 Å². The summed E-state index contributed by atoms with van der Waals surface area (Å²) in [6.45, 7) is -0.188. The Bertz CT molecular complexity index is 1050. The Labute approximate surface area is 158 Å². The molecule has 0 aliphatic carbocycles. The van der Waals surface area contributed by atoms with E-state index in [-0.39, 0.29) is 18.3 Å². The minimum atomic E-state index is -0.357. The van der Waals surface area contributed by atoms with Gasteiger partial charge in [-0.05, 0) is 48.5 Å². The lowest BCUT2D eigenvalue weighted by Gasteiger charge is -2.07. The summed E-state index contributed by atoms with van der Waals surface area (Å²) >= 11 is 1.59. The molecule has 2 aromatic carbocycles. The largest absolute Gasteiger partial charge is 0.484 e. The number of carbonyl (C=O) groups excluding carboxylic acids is 1. The third-order valence-electron chi connectivity index (χ3n) is 3.76. The zero-order valence-corrected chi connectivity index (χ0v) is 14.9. The number of para-hydroxylation sites is 1. The number of amides is 1. The van der Waals surface area contributed by atoms with Crippen LogP contribution in [0.4, 0.5) is 10.2 Å². The molecular weight excluding hydrogens is 365 g/mol. The van der Waals surface area contributed by atoms with E-state index in [0.29, 0.717) is 11.6 Å². The van der Waals surface area contributed by atoms with Crippen LogP contribution < -0.4 is 10.1 Å². The molecule has 5 nitrogen and oxygen atoms in total. The van der Waals surface area contributed by atoms with E-state index >= 15 is 0 Å². The topological polar surface area (TPSA) is 64.1 Å². The SMILES string of the molecule is O=C(COc1ccc(F)cc1)Nc1ccc(-c2nc3ccccc3s2)cn1. The molecule has 0 bridgehead atoms. The van der Waals surface area contributed by atoms with Crippen molar-refractivity contribution in [2.75, 3.05) is 11.9 Å². The van der Waals surface area contributed by atoms with Gasteiger partial charge in [-0.1, -0.05) is 12.1 Å². The average Bonchev–Trinajstić information content (AvgIpc) is 3.12. The van der Waals surface area contributed by atoms with Crippen LogP contribution in [0.2, 0.25) is 0 Å². The summed E-state index contributed by atoms with van der Waals surface area (Å²) in [5, 5.41) is 3.54. The van der Waals surface area contributed by atoms with E-state index in [2.05, 4.69) is 15.3 Å². The van der Waals surface area contributed by atoms with Gasteiger partial charge in [0.1, 0.15) is 22.4 Å². The fourth-order valence-corrected chi connectivity index (χ4v) is 3.40. The van der Waals surface area contributed by atoms with E-state index in [1.54, 1.807) is 23.6 Å². The first-order chi connectivity index (χ1) is 13.2. The number of fused-ring (bicyclic) bond motifs is 1. The standard InChI is InChI=1S/C20H14FN3O2S/c21-14-6-8-15(9-7-14)26-12-19(25)24-18-10-5-13(11-22-18)20-23-16-3-1-2-4-17(16)27-20/h1-11H,12H2,(H,22,24,25). The van der Waals surface area contributed by atoms with Crippen molar-refractivity contribution in [3.63, 3.8) is 0 Å². The van der Waals surface area contributed by atoms with Crippen LogP contribution >= 0.6 is 11.3 Å². The molecule has 2 heterocycles. The summed E-state index contributed by atoms with van der Waals surface area (Å²) in [5.74, 6) is 0.141. The number of nitrogens with one attached hydrogen (secondary N) is 1. The second-order valence-corrected chi connectivity index (χ2v) is 6.74. The Kier molecular flexibility index (Phi) is 4.76. The number of pyridine rings is 1. The van der Waals surface area contributed by atoms with Crippen molar-refractivity contribution in [3.8, 4) is 16.3 Å². The Morgan fingerprint density at radius 1 is 1.07 bits per heavy atom. The minimum absolute atomic E-state index is 0.188. The predicted octanol–water partition coefficient (Wildman–Crippen LogP) is 4.51. The van der Waals surface area contributed by atoms with Gasteiger partial charge in [0.25, 0.3) is 5.91 Å². The molecule has 0 saturated carbocycles. The monoisotopic (exact) mass is 379 g/mol. The normalized spacial score (nSPS) is 10.7. The van der Waals surface area contributed by atoms with E-state index in [9.17, 15) is 9.18 Å². The summed E-state index contributed by atoms with van der Waals surface area (Å²) in [5.41, 5.74) is 1.84. The zero-order chi connectivity index (χ0) is 18.6. The Morgan fingerprint density at radius 2 is 1.89 bits per heavy atom. The molecule has 0 fully saturated rings. The highest BCUT2D eigenvalue weighted by molar-refractivity contribution is 7.21. The van der Waals surface area contributed by atoms with Crippen LogP contribution in [0.3, 0.4) is 0 Å². The van der Waals surface area contributed by atoms with Crippen LogP contribution in [0.25, 0.3) is 20.8 Å². The van der Waals surface area contributed by atoms with Crippen LogP contribution in [0.5, 0.6) is 5.75 Å². The van der Waals surface area contributed by atoms with Gasteiger partial charge in [-0.25, -0.2) is 14.4 Å². The molecule has 4 aromatic rings. The fraction of sp³-hybridized carbons (Fsp3) is 0.0500. The molecule has 0 spiro atoms. The summed E-state index contributed by atoms with van der Waals surface area (Å²) in [4.78, 5) is 20.8. The molecule has 1 N–H and O–H groups in total. The van der Waals surface area contributed by atoms with E-state index in [1.165, 1.54) is 24.3 Å². The Hall–Kier alpha value is -3.32. The first-order valence-electron chi connectivity index (χ1n) is 8.17. The second kappa shape index (κ2) is 7.51. The maximum atomic E-state index is 12.8. The fourth-order valence-electron chi connectivity index (χ4n) is 2.45. The van der Waals surface area contributed by atoms with E-state index in [4.69, 9.17) is 4.74 Å². The minimum Gasteiger partial charge on any atom is -0.484 e. The van der Waals surface area contributed by atoms with Gasteiger partial charge in [0.15, 0.2) is 6.61 Å². The average molecular weight is 379 g/mol. The molecule has 7 heteroatoms. The third kappa shape index (κ3) is 4.09. The highest BCUT2D eigenvalue weighted by atomic mass is 32.1. The van der Waals surface area contributed by atoms with Crippen LogP contribution in [0.15, 0.2) is 66.9 Å². The zero-order valence-electron chi connectivity index (χ0n) is 14.1. The third-order valence-corrected chi connectivity index (χ3v) is 4.84. The van der Waals surface area contributed by atoms with Gasteiger partial charge < -0.3 is 10.1 Å². The molecule has 1 amide bonds. The molecule has 0 aliphatic rings. The molecular formula is C20H14FN3O2S. The number of anilines is 1. The molecule has 0 aliphatic heterocycles. The van der Waals surface area contributed by atoms with Crippen molar-refractivity contribution < 1.29 is 13.9 Å². The van der Waals surface area contributed by atoms with Crippen LogP contribution in [0, 0.1) is 5.82 Å². The van der Waals surface area contributed by atoms with Gasteiger partial charge in [-0.2, -0.15) is 0 Å². The van der Waals surface area contributed by atoms with Crippen LogP contribution in [0.1, 0.15) is 0 Å². The van der Waals surface area contributed by atoms with Gasteiger partial charge in [-0.15, -0.1) is 11.3 Å². The Morgan fingerprint density at radius 3 is 2.63 bits per heavy atom. The summed E-state index contributed by atoms with van der Waals surface area (Å²) in [7, 11) is 0. The van der Waals surface area contributed by atoms with Crippen molar-refractivity contribution in [1.82, 2.24) is 9.97 Å². The lowest BCUT2D eigenvalue weighted by molar-refractivity contribution is -0.118. The molecule has 0 atom stereocenters. The lowest BCUT2D eigenvalue weighted by Crippen LogP contribution is -2.20. The molecule has 27 heavy (non-hydrogen) atoms. The Balaban J connectivity index is 1.38. The number of aromatic nitrogens is 2. The summed E-state index contributed by atoms with van der Waals surface area (Å²) in [6, 6.07) is 17.0. The van der Waals surface area contributed by atoms with Crippen molar-refractivity contribution >= 4 is 33.3 Å². The number of halogens is 1. The molecule has 0 unspecified atom stereocenters. The number of ether oxygens (including phenoxy) is 1. The van der Waals surface area contributed by atoms with Gasteiger partial charge in [0, 0.05) is 11.8 Å². The maximum Gasteiger partial charge on any atom is 0.263 e. The van der Waals surface area contributed by atoms with Crippen LogP contribution in [-0.2, 0) is 4.79 Å². The molecule has 134 valence electrons. The second-order valence-electron chi connectivity index (χ2n) is 5.71. The molecule has 0 saturated heterocycles. The smallest absolute Gasteiger partial charge is 0.263 e.